The number of hydrogen-bond donors (Lipinski definition) is 1. The van der Waals surface area contributed by atoms with E-state index in [0.717, 1.165) is 16.3 Å². The molecular weight excluding hydrogens is 408 g/mol. The van der Waals surface area contributed by atoms with Crippen LogP contribution in [0.2, 0.25) is 0 Å². The molecule has 0 atom stereocenters. The first kappa shape index (κ1) is 19.6. The van der Waals surface area contributed by atoms with Crippen molar-refractivity contribution in [3.63, 3.8) is 0 Å². The molecule has 2 aromatic carbocycles. The lowest BCUT2D eigenvalue weighted by molar-refractivity contribution is -0.115. The third kappa shape index (κ3) is 3.29. The number of imide groups is 1. The first-order valence-electron chi connectivity index (χ1n) is 9.98. The van der Waals surface area contributed by atoms with Crippen molar-refractivity contribution in [3.8, 4) is 0 Å². The van der Waals surface area contributed by atoms with Gasteiger partial charge in [0.1, 0.15) is 0 Å². The Morgan fingerprint density at radius 1 is 0.938 bits per heavy atom. The van der Waals surface area contributed by atoms with Gasteiger partial charge in [-0.3, -0.25) is 14.4 Å². The molecule has 0 radical (unpaired) electrons. The van der Waals surface area contributed by atoms with E-state index in [0.29, 0.717) is 34.1 Å². The molecule has 1 aliphatic rings. The van der Waals surface area contributed by atoms with Crippen LogP contribution in [0.25, 0.3) is 5.78 Å². The summed E-state index contributed by atoms with van der Waals surface area (Å²) >= 11 is 0. The fourth-order valence-electron chi connectivity index (χ4n) is 3.78. The van der Waals surface area contributed by atoms with Crippen molar-refractivity contribution in [1.29, 1.82) is 0 Å². The minimum Gasteiger partial charge on any atom is -0.326 e. The second-order valence-corrected chi connectivity index (χ2v) is 7.55. The predicted molar refractivity (Wildman–Crippen MR) is 117 cm³/mol. The van der Waals surface area contributed by atoms with E-state index in [2.05, 4.69) is 20.4 Å². The molecule has 5 rings (SSSR count). The van der Waals surface area contributed by atoms with Crippen LogP contribution in [0.3, 0.4) is 0 Å². The van der Waals surface area contributed by atoms with Crippen LogP contribution in [0.1, 0.15) is 37.9 Å². The Labute approximate surface area is 182 Å². The van der Waals surface area contributed by atoms with E-state index in [4.69, 9.17) is 0 Å². The number of rotatable bonds is 4. The third-order valence-electron chi connectivity index (χ3n) is 5.16. The van der Waals surface area contributed by atoms with Gasteiger partial charge in [0.05, 0.1) is 23.2 Å². The van der Waals surface area contributed by atoms with Crippen molar-refractivity contribution in [2.45, 2.75) is 20.3 Å². The molecule has 1 aliphatic heterocycles. The molecule has 3 amide bonds. The Balaban J connectivity index is 1.35. The van der Waals surface area contributed by atoms with Gasteiger partial charge in [-0.1, -0.05) is 18.2 Å². The molecule has 0 fully saturated rings. The van der Waals surface area contributed by atoms with Crippen molar-refractivity contribution < 1.29 is 14.4 Å². The molecule has 0 unspecified atom stereocenters. The molecule has 3 heterocycles. The number of nitrogens with one attached hydrogen (secondary N) is 1. The van der Waals surface area contributed by atoms with E-state index in [1.54, 1.807) is 53.0 Å². The number of aromatic nitrogens is 4. The van der Waals surface area contributed by atoms with Crippen molar-refractivity contribution in [3.05, 3.63) is 82.9 Å². The molecule has 0 bridgehead atoms. The average Bonchev–Trinajstić information content (AvgIpc) is 3.27. The van der Waals surface area contributed by atoms with Crippen molar-refractivity contribution in [2.75, 3.05) is 10.2 Å². The normalized spacial score (nSPS) is 13.0. The molecule has 0 saturated carbocycles. The van der Waals surface area contributed by atoms with Crippen LogP contribution in [-0.4, -0.2) is 37.3 Å². The second kappa shape index (κ2) is 7.38. The van der Waals surface area contributed by atoms with Gasteiger partial charge in [-0.2, -0.15) is 4.98 Å². The zero-order chi connectivity index (χ0) is 22.4. The van der Waals surface area contributed by atoms with Gasteiger partial charge in [-0.15, -0.1) is 5.10 Å². The van der Waals surface area contributed by atoms with Gasteiger partial charge >= 0.3 is 0 Å². The number of nitrogens with zero attached hydrogens (tertiary/aromatic N) is 5. The number of hydrogen-bond acceptors (Lipinski definition) is 6. The van der Waals surface area contributed by atoms with Crippen LogP contribution < -0.4 is 10.2 Å². The number of anilines is 2. The van der Waals surface area contributed by atoms with Crippen molar-refractivity contribution in [1.82, 2.24) is 19.6 Å². The summed E-state index contributed by atoms with van der Waals surface area (Å²) in [5.74, 6) is -0.310. The maximum absolute atomic E-state index is 12.7. The SMILES string of the molecule is Cc1cc(C)n2nc(CC(=O)Nc3cccc(N4C(=O)c5ccccc5C4=O)c3)nc2n1. The summed E-state index contributed by atoms with van der Waals surface area (Å²) in [6.45, 7) is 3.76. The highest BCUT2D eigenvalue weighted by Crippen LogP contribution is 2.29. The van der Waals surface area contributed by atoms with Crippen molar-refractivity contribution in [2.24, 2.45) is 0 Å². The van der Waals surface area contributed by atoms with Gasteiger partial charge in [0, 0.05) is 17.1 Å². The quantitative estimate of drug-likeness (QED) is 0.503. The number of carbonyl (C=O) groups is 3. The summed E-state index contributed by atoms with van der Waals surface area (Å²) in [6, 6.07) is 15.2. The van der Waals surface area contributed by atoms with Crippen LogP contribution in [0, 0.1) is 13.8 Å². The van der Waals surface area contributed by atoms with Gasteiger partial charge < -0.3 is 5.32 Å². The van der Waals surface area contributed by atoms with Crippen molar-refractivity contribution >= 4 is 34.9 Å². The monoisotopic (exact) mass is 426 g/mol. The number of carbonyl (C=O) groups excluding carboxylic acids is 3. The van der Waals surface area contributed by atoms with E-state index in [-0.39, 0.29) is 24.1 Å². The first-order valence-corrected chi connectivity index (χ1v) is 9.98. The zero-order valence-corrected chi connectivity index (χ0v) is 17.4. The molecule has 158 valence electrons. The number of fused-ring (bicyclic) bond motifs is 2. The van der Waals surface area contributed by atoms with E-state index < -0.39 is 0 Å². The van der Waals surface area contributed by atoms with E-state index in [9.17, 15) is 14.4 Å². The van der Waals surface area contributed by atoms with E-state index in [1.165, 1.54) is 0 Å². The predicted octanol–water partition coefficient (Wildman–Crippen LogP) is 2.72. The summed E-state index contributed by atoms with van der Waals surface area (Å²) < 4.78 is 1.60. The van der Waals surface area contributed by atoms with E-state index in [1.807, 2.05) is 19.9 Å². The Bertz CT molecular complexity index is 1390. The van der Waals surface area contributed by atoms with Gasteiger partial charge in [-0.25, -0.2) is 14.4 Å². The minimum absolute atomic E-state index is 0.0426. The highest BCUT2D eigenvalue weighted by atomic mass is 16.2. The molecular formula is C23H18N6O3. The lowest BCUT2D eigenvalue weighted by Crippen LogP contribution is -2.29. The Kier molecular flexibility index (Phi) is 4.51. The summed E-state index contributed by atoms with van der Waals surface area (Å²) in [5.41, 5.74) is 3.27. The lowest BCUT2D eigenvalue weighted by Gasteiger charge is -2.15. The fraction of sp³-hybridized carbons (Fsp3) is 0.130. The molecule has 4 aromatic rings. The molecule has 9 heteroatoms. The molecule has 2 aromatic heterocycles. The first-order chi connectivity index (χ1) is 15.4. The summed E-state index contributed by atoms with van der Waals surface area (Å²) in [6.07, 6.45) is -0.0426. The summed E-state index contributed by atoms with van der Waals surface area (Å²) in [4.78, 5) is 47.8. The highest BCUT2D eigenvalue weighted by molar-refractivity contribution is 6.34. The zero-order valence-electron chi connectivity index (χ0n) is 17.4. The van der Waals surface area contributed by atoms with Crippen LogP contribution in [0.4, 0.5) is 11.4 Å². The van der Waals surface area contributed by atoms with Gasteiger partial charge in [0.15, 0.2) is 5.82 Å². The molecule has 32 heavy (non-hydrogen) atoms. The van der Waals surface area contributed by atoms with Crippen LogP contribution in [0.15, 0.2) is 54.6 Å². The summed E-state index contributed by atoms with van der Waals surface area (Å²) in [7, 11) is 0. The standard InChI is InChI=1S/C23H18N6O3/c1-13-10-14(2)29-23(24-13)26-19(27-29)12-20(30)25-15-6-5-7-16(11-15)28-21(31)17-8-3-4-9-18(17)22(28)32/h3-11H,12H2,1-2H3,(H,25,30). The Hall–Kier alpha value is -4.40. The molecule has 1 N–H and O–H groups in total. The fourth-order valence-corrected chi connectivity index (χ4v) is 3.78. The minimum atomic E-state index is -0.388. The maximum atomic E-state index is 12.7. The number of amides is 3. The highest BCUT2D eigenvalue weighted by Gasteiger charge is 2.36. The smallest absolute Gasteiger partial charge is 0.266 e. The lowest BCUT2D eigenvalue weighted by atomic mass is 10.1. The molecule has 0 aliphatic carbocycles. The van der Waals surface area contributed by atoms with Gasteiger partial charge in [-0.05, 0) is 50.2 Å². The molecule has 9 nitrogen and oxygen atoms in total. The van der Waals surface area contributed by atoms with Crippen LogP contribution >= 0.6 is 0 Å². The van der Waals surface area contributed by atoms with Crippen LogP contribution in [0.5, 0.6) is 0 Å². The number of aryl methyl sites for hydroxylation is 2. The molecule has 0 spiro atoms. The third-order valence-corrected chi connectivity index (χ3v) is 5.16. The Morgan fingerprint density at radius 2 is 1.66 bits per heavy atom. The van der Waals surface area contributed by atoms with Crippen LogP contribution in [-0.2, 0) is 11.2 Å². The second-order valence-electron chi connectivity index (χ2n) is 7.55. The maximum Gasteiger partial charge on any atom is 0.266 e. The van der Waals surface area contributed by atoms with Gasteiger partial charge in [0.25, 0.3) is 17.6 Å². The average molecular weight is 426 g/mol. The van der Waals surface area contributed by atoms with Gasteiger partial charge in [0.2, 0.25) is 5.91 Å². The largest absolute Gasteiger partial charge is 0.326 e. The summed E-state index contributed by atoms with van der Waals surface area (Å²) in [5, 5.41) is 7.12. The van der Waals surface area contributed by atoms with E-state index >= 15 is 0 Å². The Morgan fingerprint density at radius 3 is 2.38 bits per heavy atom. The topological polar surface area (TPSA) is 110 Å². The number of benzene rings is 2. The molecule has 0 saturated heterocycles.